The first-order valence-electron chi connectivity index (χ1n) is 10.9. The first-order chi connectivity index (χ1) is 16.5. The molecule has 4 aromatic rings. The van der Waals surface area contributed by atoms with Crippen molar-refractivity contribution in [3.05, 3.63) is 86.2 Å². The summed E-state index contributed by atoms with van der Waals surface area (Å²) in [7, 11) is 0. The molecular weight excluding hydrogens is 452 g/mol. The number of nitrogens with one attached hydrogen (secondary N) is 1. The Morgan fingerprint density at radius 1 is 1.09 bits per heavy atom. The minimum absolute atomic E-state index is 0.0579. The van der Waals surface area contributed by atoms with Crippen LogP contribution < -0.4 is 10.9 Å². The van der Waals surface area contributed by atoms with Gasteiger partial charge >= 0.3 is 5.97 Å². The number of thiazole rings is 1. The molecule has 4 rings (SSSR count). The molecule has 0 unspecified atom stereocenters. The molecule has 0 saturated carbocycles. The van der Waals surface area contributed by atoms with E-state index in [0.29, 0.717) is 34.4 Å². The van der Waals surface area contributed by atoms with Gasteiger partial charge in [0.15, 0.2) is 5.69 Å². The Bertz CT molecular complexity index is 1410. The highest BCUT2D eigenvalue weighted by molar-refractivity contribution is 7.09. The second kappa shape index (κ2) is 10.4. The molecule has 9 heteroatoms. The summed E-state index contributed by atoms with van der Waals surface area (Å²) >= 11 is 1.33. The summed E-state index contributed by atoms with van der Waals surface area (Å²) in [6.07, 6.45) is 0.833. The van der Waals surface area contributed by atoms with Crippen molar-refractivity contribution in [1.29, 1.82) is 0 Å². The van der Waals surface area contributed by atoms with Crippen LogP contribution in [0.5, 0.6) is 0 Å². The number of hydrogen-bond acceptors (Lipinski definition) is 7. The number of ether oxygens (including phenoxy) is 1. The van der Waals surface area contributed by atoms with Crippen molar-refractivity contribution in [2.45, 2.75) is 39.8 Å². The molecule has 2 aromatic heterocycles. The predicted molar refractivity (Wildman–Crippen MR) is 131 cm³/mol. The SMILES string of the molecule is CCCn1nc(C(=O)OCc2csc(CC(=O)Nc3ccccc3C)n2)c2ccccc2c1=O. The smallest absolute Gasteiger partial charge is 0.359 e. The van der Waals surface area contributed by atoms with E-state index >= 15 is 0 Å². The van der Waals surface area contributed by atoms with E-state index in [4.69, 9.17) is 4.74 Å². The van der Waals surface area contributed by atoms with Gasteiger partial charge in [-0.3, -0.25) is 9.59 Å². The molecule has 2 aromatic carbocycles. The maximum absolute atomic E-state index is 12.8. The lowest BCUT2D eigenvalue weighted by Crippen LogP contribution is -2.26. The molecule has 0 spiro atoms. The zero-order valence-electron chi connectivity index (χ0n) is 18.9. The summed E-state index contributed by atoms with van der Waals surface area (Å²) < 4.78 is 6.75. The zero-order valence-corrected chi connectivity index (χ0v) is 19.7. The second-order valence-electron chi connectivity index (χ2n) is 7.77. The third-order valence-corrected chi connectivity index (χ3v) is 6.08. The molecule has 0 aliphatic rings. The highest BCUT2D eigenvalue weighted by atomic mass is 32.1. The first kappa shape index (κ1) is 23.3. The Balaban J connectivity index is 1.43. The number of aryl methyl sites for hydroxylation is 2. The standard InChI is InChI=1S/C25H24N4O4S/c1-3-12-29-24(31)19-10-6-5-9-18(19)23(28-29)25(32)33-14-17-15-34-22(26-17)13-21(30)27-20-11-7-4-8-16(20)2/h4-11,15H,3,12-14H2,1-2H3,(H,27,30). The van der Waals surface area contributed by atoms with E-state index in [0.717, 1.165) is 11.3 Å². The molecule has 1 N–H and O–H groups in total. The predicted octanol–water partition coefficient (Wildman–Crippen LogP) is 4.11. The van der Waals surface area contributed by atoms with E-state index in [-0.39, 0.29) is 30.2 Å². The van der Waals surface area contributed by atoms with Gasteiger partial charge in [-0.15, -0.1) is 11.3 Å². The van der Waals surface area contributed by atoms with E-state index in [2.05, 4.69) is 15.4 Å². The van der Waals surface area contributed by atoms with Crippen LogP contribution in [0.15, 0.2) is 58.7 Å². The molecule has 0 aliphatic carbocycles. The van der Waals surface area contributed by atoms with Crippen LogP contribution in [0.2, 0.25) is 0 Å². The lowest BCUT2D eigenvalue weighted by molar-refractivity contribution is -0.115. The monoisotopic (exact) mass is 476 g/mol. The van der Waals surface area contributed by atoms with Crippen LogP contribution in [0.1, 0.15) is 40.1 Å². The summed E-state index contributed by atoms with van der Waals surface area (Å²) in [5.74, 6) is -0.797. The molecule has 8 nitrogen and oxygen atoms in total. The zero-order chi connectivity index (χ0) is 24.1. The van der Waals surface area contributed by atoms with Gasteiger partial charge in [-0.25, -0.2) is 14.5 Å². The summed E-state index contributed by atoms with van der Waals surface area (Å²) in [4.78, 5) is 42.2. The van der Waals surface area contributed by atoms with Crippen LogP contribution in [-0.2, 0) is 29.1 Å². The highest BCUT2D eigenvalue weighted by Gasteiger charge is 2.18. The van der Waals surface area contributed by atoms with Crippen molar-refractivity contribution in [2.75, 3.05) is 5.32 Å². The molecule has 0 fully saturated rings. The number of nitrogens with zero attached hydrogens (tertiary/aromatic N) is 3. The number of fused-ring (bicyclic) bond motifs is 1. The largest absolute Gasteiger partial charge is 0.454 e. The third-order valence-electron chi connectivity index (χ3n) is 5.18. The van der Waals surface area contributed by atoms with E-state index in [1.54, 1.807) is 29.6 Å². The quantitative estimate of drug-likeness (QED) is 0.384. The number of carbonyl (C=O) groups excluding carboxylic acids is 2. The lowest BCUT2D eigenvalue weighted by atomic mass is 10.1. The van der Waals surface area contributed by atoms with Gasteiger partial charge in [0.1, 0.15) is 11.6 Å². The first-order valence-corrected chi connectivity index (χ1v) is 11.8. The molecule has 0 atom stereocenters. The summed E-state index contributed by atoms with van der Waals surface area (Å²) in [6, 6.07) is 14.4. The average molecular weight is 477 g/mol. The Kier molecular flexibility index (Phi) is 7.12. The molecule has 1 amide bonds. The van der Waals surface area contributed by atoms with Gasteiger partial charge < -0.3 is 10.1 Å². The number of anilines is 1. The number of benzene rings is 2. The van der Waals surface area contributed by atoms with Gasteiger partial charge in [-0.1, -0.05) is 43.3 Å². The normalized spacial score (nSPS) is 10.9. The Morgan fingerprint density at radius 3 is 2.59 bits per heavy atom. The third kappa shape index (κ3) is 5.20. The summed E-state index contributed by atoms with van der Waals surface area (Å²) in [5.41, 5.74) is 2.15. The number of rotatable bonds is 8. The van der Waals surface area contributed by atoms with Gasteiger partial charge in [0.2, 0.25) is 5.91 Å². The van der Waals surface area contributed by atoms with E-state index < -0.39 is 5.97 Å². The number of hydrogen-bond donors (Lipinski definition) is 1. The number of esters is 1. The number of para-hydroxylation sites is 1. The van der Waals surface area contributed by atoms with E-state index in [9.17, 15) is 14.4 Å². The number of carbonyl (C=O) groups is 2. The fourth-order valence-electron chi connectivity index (χ4n) is 3.50. The molecule has 34 heavy (non-hydrogen) atoms. The minimum atomic E-state index is -0.632. The van der Waals surface area contributed by atoms with Crippen LogP contribution in [0.25, 0.3) is 10.8 Å². The van der Waals surface area contributed by atoms with Crippen molar-refractivity contribution < 1.29 is 14.3 Å². The maximum Gasteiger partial charge on any atom is 0.359 e. The van der Waals surface area contributed by atoms with Crippen LogP contribution >= 0.6 is 11.3 Å². The Labute approximate surface area is 200 Å². The lowest BCUT2D eigenvalue weighted by Gasteiger charge is -2.10. The molecule has 2 heterocycles. The van der Waals surface area contributed by atoms with Crippen LogP contribution in [-0.4, -0.2) is 26.6 Å². The fourth-order valence-corrected chi connectivity index (χ4v) is 4.28. The van der Waals surface area contributed by atoms with Gasteiger partial charge in [0.05, 0.1) is 17.5 Å². The van der Waals surface area contributed by atoms with Crippen molar-refractivity contribution in [3.63, 3.8) is 0 Å². The van der Waals surface area contributed by atoms with Gasteiger partial charge in [0.25, 0.3) is 5.56 Å². The van der Waals surface area contributed by atoms with Crippen LogP contribution in [0, 0.1) is 6.92 Å². The summed E-state index contributed by atoms with van der Waals surface area (Å²) in [6.45, 7) is 4.21. The topological polar surface area (TPSA) is 103 Å². The molecule has 0 aliphatic heterocycles. The van der Waals surface area contributed by atoms with Crippen molar-refractivity contribution in [3.8, 4) is 0 Å². The molecule has 0 saturated heterocycles. The Morgan fingerprint density at radius 2 is 1.82 bits per heavy atom. The van der Waals surface area contributed by atoms with Crippen molar-refractivity contribution >= 4 is 39.7 Å². The number of aromatic nitrogens is 3. The molecule has 174 valence electrons. The second-order valence-corrected chi connectivity index (χ2v) is 8.71. The van der Waals surface area contributed by atoms with Crippen LogP contribution in [0.3, 0.4) is 0 Å². The van der Waals surface area contributed by atoms with Gasteiger partial charge in [-0.2, -0.15) is 5.10 Å². The Hall–Kier alpha value is -3.85. The minimum Gasteiger partial charge on any atom is -0.454 e. The van der Waals surface area contributed by atoms with E-state index in [1.807, 2.05) is 38.1 Å². The molecule has 0 bridgehead atoms. The number of amides is 1. The van der Waals surface area contributed by atoms with E-state index in [1.165, 1.54) is 16.0 Å². The fraction of sp³-hybridized carbons (Fsp3) is 0.240. The van der Waals surface area contributed by atoms with Crippen LogP contribution in [0.4, 0.5) is 5.69 Å². The maximum atomic E-state index is 12.8. The van der Waals surface area contributed by atoms with Crippen molar-refractivity contribution in [1.82, 2.24) is 14.8 Å². The van der Waals surface area contributed by atoms with Crippen molar-refractivity contribution in [2.24, 2.45) is 0 Å². The average Bonchev–Trinajstić information content (AvgIpc) is 3.28. The summed E-state index contributed by atoms with van der Waals surface area (Å²) in [5, 5.41) is 10.4. The molecular formula is C25H24N4O4S. The van der Waals surface area contributed by atoms with Gasteiger partial charge in [0, 0.05) is 23.0 Å². The highest BCUT2D eigenvalue weighted by Crippen LogP contribution is 2.18. The molecule has 0 radical (unpaired) electrons. The van der Waals surface area contributed by atoms with Gasteiger partial charge in [-0.05, 0) is 31.0 Å².